The third-order valence-electron chi connectivity index (χ3n) is 5.09. The zero-order valence-corrected chi connectivity index (χ0v) is 19.0. The number of benzene rings is 2. The van der Waals surface area contributed by atoms with Crippen molar-refractivity contribution >= 4 is 44.8 Å². The van der Waals surface area contributed by atoms with Crippen LogP contribution in [0.2, 0.25) is 5.02 Å². The fourth-order valence-electron chi connectivity index (χ4n) is 3.61. The Hall–Kier alpha value is -3.26. The number of H-pyrrole nitrogens is 1. The van der Waals surface area contributed by atoms with Crippen LogP contribution in [0.25, 0.3) is 22.2 Å². The van der Waals surface area contributed by atoms with E-state index in [-0.39, 0.29) is 0 Å². The van der Waals surface area contributed by atoms with E-state index in [1.54, 1.807) is 17.5 Å². The topological polar surface area (TPSA) is 69.7 Å². The molecule has 2 N–H and O–H groups in total. The lowest BCUT2D eigenvalue weighted by atomic mass is 10.1. The molecule has 0 unspecified atom stereocenters. The molecule has 0 aliphatic heterocycles. The number of hydrogen-bond acceptors (Lipinski definition) is 6. The molecule has 0 radical (unpaired) electrons. The number of pyridine rings is 1. The summed E-state index contributed by atoms with van der Waals surface area (Å²) in [6.07, 6.45) is 3.66. The number of aromatic nitrogens is 4. The first-order valence-electron chi connectivity index (χ1n) is 10.2. The smallest absolute Gasteiger partial charge is 0.188 e. The molecule has 0 saturated carbocycles. The fourth-order valence-corrected chi connectivity index (χ4v) is 4.73. The van der Waals surface area contributed by atoms with Gasteiger partial charge < -0.3 is 5.32 Å². The van der Waals surface area contributed by atoms with E-state index in [0.717, 1.165) is 46.2 Å². The van der Waals surface area contributed by atoms with Crippen molar-refractivity contribution < 1.29 is 0 Å². The molecule has 0 spiro atoms. The number of nitrogens with one attached hydrogen (secondary N) is 2. The molecule has 5 aromatic rings. The minimum absolute atomic E-state index is 0.619. The number of anilines is 2. The fraction of sp³-hybridized carbons (Fsp3) is 0.125. The maximum absolute atomic E-state index is 6.33. The third kappa shape index (κ3) is 4.50. The zero-order valence-electron chi connectivity index (χ0n) is 17.4. The van der Waals surface area contributed by atoms with Gasteiger partial charge in [-0.15, -0.1) is 11.3 Å². The second-order valence-corrected chi connectivity index (χ2v) is 9.10. The summed E-state index contributed by atoms with van der Waals surface area (Å²) in [4.78, 5) is 12.4. The van der Waals surface area contributed by atoms with E-state index in [9.17, 15) is 0 Å². The summed E-state index contributed by atoms with van der Waals surface area (Å²) in [5, 5.41) is 13.3. The van der Waals surface area contributed by atoms with Crippen LogP contribution >= 0.6 is 22.9 Å². The van der Waals surface area contributed by atoms with E-state index in [4.69, 9.17) is 11.6 Å². The van der Waals surface area contributed by atoms with Crippen molar-refractivity contribution in [1.82, 2.24) is 25.1 Å². The summed E-state index contributed by atoms with van der Waals surface area (Å²) < 4.78 is 0. The molecule has 0 atom stereocenters. The zero-order chi connectivity index (χ0) is 21.9. The predicted molar refractivity (Wildman–Crippen MR) is 131 cm³/mol. The van der Waals surface area contributed by atoms with Gasteiger partial charge in [-0.3, -0.25) is 15.0 Å². The number of fused-ring (bicyclic) bond motifs is 1. The molecule has 6 nitrogen and oxygen atoms in total. The summed E-state index contributed by atoms with van der Waals surface area (Å²) >= 11 is 7.97. The van der Waals surface area contributed by atoms with Gasteiger partial charge in [0, 0.05) is 41.3 Å². The number of nitrogens with zero attached hydrogens (tertiary/aromatic N) is 4. The highest BCUT2D eigenvalue weighted by atomic mass is 35.5. The Balaban J connectivity index is 1.32. The average molecular weight is 461 g/mol. The molecule has 3 heterocycles. The minimum atomic E-state index is 0.619. The molecule has 160 valence electrons. The maximum Gasteiger partial charge on any atom is 0.188 e. The first-order valence-corrected chi connectivity index (χ1v) is 11.4. The Morgan fingerprint density at radius 3 is 2.75 bits per heavy atom. The van der Waals surface area contributed by atoms with Crippen LogP contribution in [0.15, 0.2) is 73.1 Å². The van der Waals surface area contributed by atoms with Gasteiger partial charge in [0.15, 0.2) is 10.9 Å². The molecule has 5 rings (SSSR count). The van der Waals surface area contributed by atoms with Crippen molar-refractivity contribution in [3.63, 3.8) is 0 Å². The lowest BCUT2D eigenvalue weighted by Crippen LogP contribution is -2.16. The van der Waals surface area contributed by atoms with E-state index in [1.807, 2.05) is 42.6 Å². The molecule has 8 heteroatoms. The van der Waals surface area contributed by atoms with E-state index >= 15 is 0 Å². The summed E-state index contributed by atoms with van der Waals surface area (Å²) in [6, 6.07) is 20.1. The molecule has 3 aromatic heterocycles. The van der Waals surface area contributed by atoms with Gasteiger partial charge in [-0.1, -0.05) is 48.0 Å². The molecule has 32 heavy (non-hydrogen) atoms. The van der Waals surface area contributed by atoms with Crippen molar-refractivity contribution in [2.75, 3.05) is 12.4 Å². The van der Waals surface area contributed by atoms with Gasteiger partial charge >= 0.3 is 0 Å². The summed E-state index contributed by atoms with van der Waals surface area (Å²) in [5.41, 5.74) is 3.92. The highest BCUT2D eigenvalue weighted by molar-refractivity contribution is 7.15. The molecular formula is C24H21ClN6S. The summed E-state index contributed by atoms with van der Waals surface area (Å²) in [5.74, 6) is 0.729. The first kappa shape index (κ1) is 20.6. The monoisotopic (exact) mass is 460 g/mol. The molecule has 0 bridgehead atoms. The minimum Gasteiger partial charge on any atom is -0.314 e. The Bertz CT molecular complexity index is 1350. The molecule has 0 aliphatic rings. The molecule has 0 saturated heterocycles. The van der Waals surface area contributed by atoms with Gasteiger partial charge in [-0.05, 0) is 36.9 Å². The highest BCUT2D eigenvalue weighted by Crippen LogP contribution is 2.32. The number of hydrogen-bond donors (Lipinski definition) is 2. The van der Waals surface area contributed by atoms with Crippen molar-refractivity contribution in [3.8, 4) is 11.3 Å². The number of rotatable bonds is 7. The van der Waals surface area contributed by atoms with Crippen molar-refractivity contribution in [2.45, 2.75) is 13.1 Å². The number of halogens is 1. The van der Waals surface area contributed by atoms with Crippen molar-refractivity contribution in [3.05, 3.63) is 88.5 Å². The Labute approximate surface area is 194 Å². The van der Waals surface area contributed by atoms with Crippen molar-refractivity contribution in [1.29, 1.82) is 0 Å². The number of thiazole rings is 1. The van der Waals surface area contributed by atoms with Crippen LogP contribution in [0.3, 0.4) is 0 Å². The Morgan fingerprint density at radius 1 is 1.03 bits per heavy atom. The molecule has 0 fully saturated rings. The standard InChI is InChI=1S/C24H21ClN6S/c1-31(14-16-6-3-2-4-7-16)15-18-13-27-24(32-18)28-23-19-12-17(9-10-21(19)29-30-23)22-20(25)8-5-11-26-22/h2-13H,14-15H2,1H3,(H2,27,28,29,30). The van der Waals surface area contributed by atoms with Gasteiger partial charge in [0.25, 0.3) is 0 Å². The maximum atomic E-state index is 6.33. The summed E-state index contributed by atoms with van der Waals surface area (Å²) in [7, 11) is 2.12. The lowest BCUT2D eigenvalue weighted by Gasteiger charge is -2.15. The van der Waals surface area contributed by atoms with Crippen LogP contribution in [0.5, 0.6) is 0 Å². The first-order chi connectivity index (χ1) is 15.7. The van der Waals surface area contributed by atoms with Crippen LogP contribution in [0.4, 0.5) is 10.9 Å². The molecular weight excluding hydrogens is 440 g/mol. The number of aromatic amines is 1. The van der Waals surface area contributed by atoms with E-state index in [1.165, 1.54) is 10.4 Å². The van der Waals surface area contributed by atoms with Crippen LogP contribution in [0, 0.1) is 0 Å². The van der Waals surface area contributed by atoms with Crippen LogP contribution in [0.1, 0.15) is 10.4 Å². The molecule has 0 aliphatic carbocycles. The highest BCUT2D eigenvalue weighted by Gasteiger charge is 2.12. The Morgan fingerprint density at radius 2 is 1.91 bits per heavy atom. The van der Waals surface area contributed by atoms with Gasteiger partial charge in [0.05, 0.1) is 16.2 Å². The van der Waals surface area contributed by atoms with Crippen LogP contribution in [-0.2, 0) is 13.1 Å². The van der Waals surface area contributed by atoms with Gasteiger partial charge in [-0.2, -0.15) is 5.10 Å². The molecule has 2 aromatic carbocycles. The quantitative estimate of drug-likeness (QED) is 0.306. The largest absolute Gasteiger partial charge is 0.314 e. The Kier molecular flexibility index (Phi) is 5.85. The second-order valence-electron chi connectivity index (χ2n) is 7.58. The van der Waals surface area contributed by atoms with E-state index in [2.05, 4.69) is 61.7 Å². The summed E-state index contributed by atoms with van der Waals surface area (Å²) in [6.45, 7) is 1.72. The van der Waals surface area contributed by atoms with E-state index < -0.39 is 0 Å². The van der Waals surface area contributed by atoms with Crippen molar-refractivity contribution in [2.24, 2.45) is 0 Å². The van der Waals surface area contributed by atoms with Gasteiger partial charge in [0.1, 0.15) is 0 Å². The van der Waals surface area contributed by atoms with Crippen LogP contribution < -0.4 is 5.32 Å². The van der Waals surface area contributed by atoms with Crippen LogP contribution in [-0.4, -0.2) is 32.1 Å². The lowest BCUT2D eigenvalue weighted by molar-refractivity contribution is 0.322. The van der Waals surface area contributed by atoms with Gasteiger partial charge in [-0.25, -0.2) is 4.98 Å². The molecule has 0 amide bonds. The third-order valence-corrected chi connectivity index (χ3v) is 6.30. The normalized spacial score (nSPS) is 11.3. The SMILES string of the molecule is CN(Cc1ccccc1)Cc1cnc(Nc2n[nH]c3ccc(-c4ncccc4Cl)cc23)s1. The van der Waals surface area contributed by atoms with Gasteiger partial charge in [0.2, 0.25) is 0 Å². The predicted octanol–water partition coefficient (Wildman–Crippen LogP) is 6.11. The van der Waals surface area contributed by atoms with E-state index in [0.29, 0.717) is 5.02 Å². The average Bonchev–Trinajstić information content (AvgIpc) is 3.41. The second kappa shape index (κ2) is 9.08.